The van der Waals surface area contributed by atoms with E-state index < -0.39 is 10.0 Å². The quantitative estimate of drug-likeness (QED) is 0.904. The van der Waals surface area contributed by atoms with E-state index in [-0.39, 0.29) is 0 Å². The van der Waals surface area contributed by atoms with Crippen molar-refractivity contribution in [3.05, 3.63) is 30.5 Å². The van der Waals surface area contributed by atoms with Crippen molar-refractivity contribution in [1.29, 1.82) is 0 Å². The molecule has 0 aliphatic carbocycles. The van der Waals surface area contributed by atoms with Gasteiger partial charge in [0.25, 0.3) is 0 Å². The van der Waals surface area contributed by atoms with Gasteiger partial charge in [-0.1, -0.05) is 30.3 Å². The summed E-state index contributed by atoms with van der Waals surface area (Å²) >= 11 is 0. The van der Waals surface area contributed by atoms with Crippen molar-refractivity contribution in [3.8, 4) is 11.3 Å². The summed E-state index contributed by atoms with van der Waals surface area (Å²) in [5.41, 5.74) is 1.88. The molecule has 102 valence electrons. The Bertz CT molecular complexity index is 664. The van der Waals surface area contributed by atoms with Crippen molar-refractivity contribution in [2.24, 2.45) is 0 Å². The molecular weight excluding hydrogens is 264 g/mol. The molecule has 19 heavy (non-hydrogen) atoms. The Labute approximate surface area is 112 Å². The zero-order valence-corrected chi connectivity index (χ0v) is 11.7. The van der Waals surface area contributed by atoms with Crippen LogP contribution in [0.5, 0.6) is 0 Å². The van der Waals surface area contributed by atoms with Gasteiger partial charge in [0, 0.05) is 12.1 Å². The van der Waals surface area contributed by atoms with E-state index in [1.54, 1.807) is 16.8 Å². The third-order valence-corrected chi connectivity index (χ3v) is 3.08. The molecule has 1 N–H and O–H groups in total. The lowest BCUT2D eigenvalue weighted by atomic mass is 10.1. The number of hydrogen-bond donors (Lipinski definition) is 1. The topological polar surface area (TPSA) is 76.9 Å². The SMILES string of the molecule is CCCn1cc(-c2ccccc2NS(C)(=O)=O)nn1. The molecule has 0 atom stereocenters. The van der Waals surface area contributed by atoms with E-state index in [0.29, 0.717) is 11.4 Å². The molecule has 0 radical (unpaired) electrons. The highest BCUT2D eigenvalue weighted by Crippen LogP contribution is 2.26. The molecule has 1 aromatic heterocycles. The van der Waals surface area contributed by atoms with Crippen LogP contribution in [0.15, 0.2) is 30.5 Å². The average molecular weight is 280 g/mol. The second-order valence-electron chi connectivity index (χ2n) is 4.29. The largest absolute Gasteiger partial charge is 0.283 e. The number of sulfonamides is 1. The molecule has 0 aliphatic heterocycles. The molecule has 0 saturated carbocycles. The van der Waals surface area contributed by atoms with Gasteiger partial charge in [-0.3, -0.25) is 9.40 Å². The van der Waals surface area contributed by atoms with Crippen LogP contribution in [0, 0.1) is 0 Å². The maximum atomic E-state index is 11.3. The molecule has 0 unspecified atom stereocenters. The van der Waals surface area contributed by atoms with Gasteiger partial charge in [0.1, 0.15) is 5.69 Å². The van der Waals surface area contributed by atoms with Gasteiger partial charge in [0.15, 0.2) is 0 Å². The van der Waals surface area contributed by atoms with Crippen molar-refractivity contribution in [2.45, 2.75) is 19.9 Å². The van der Waals surface area contributed by atoms with E-state index in [1.807, 2.05) is 18.3 Å². The molecule has 1 heterocycles. The van der Waals surface area contributed by atoms with Gasteiger partial charge < -0.3 is 0 Å². The van der Waals surface area contributed by atoms with E-state index in [1.165, 1.54) is 0 Å². The van der Waals surface area contributed by atoms with Crippen molar-refractivity contribution in [2.75, 3.05) is 11.0 Å². The smallest absolute Gasteiger partial charge is 0.229 e. The van der Waals surface area contributed by atoms with Crippen LogP contribution in [0.3, 0.4) is 0 Å². The summed E-state index contributed by atoms with van der Waals surface area (Å²) in [7, 11) is -3.32. The minimum Gasteiger partial charge on any atom is -0.283 e. The zero-order valence-electron chi connectivity index (χ0n) is 10.9. The predicted octanol–water partition coefficient (Wildman–Crippen LogP) is 1.73. The summed E-state index contributed by atoms with van der Waals surface area (Å²) in [4.78, 5) is 0. The van der Waals surface area contributed by atoms with Crippen LogP contribution in [0.25, 0.3) is 11.3 Å². The number of para-hydroxylation sites is 1. The molecule has 0 spiro atoms. The van der Waals surface area contributed by atoms with E-state index in [0.717, 1.165) is 24.8 Å². The highest BCUT2D eigenvalue weighted by molar-refractivity contribution is 7.92. The van der Waals surface area contributed by atoms with Crippen molar-refractivity contribution in [1.82, 2.24) is 15.0 Å². The molecule has 0 aliphatic rings. The summed E-state index contributed by atoms with van der Waals surface area (Å²) in [5, 5.41) is 8.08. The predicted molar refractivity (Wildman–Crippen MR) is 74.2 cm³/mol. The summed E-state index contributed by atoms with van der Waals surface area (Å²) in [6.07, 6.45) is 3.90. The number of nitrogens with one attached hydrogen (secondary N) is 1. The van der Waals surface area contributed by atoms with Gasteiger partial charge in [-0.15, -0.1) is 5.10 Å². The second kappa shape index (κ2) is 5.40. The number of nitrogens with zero attached hydrogens (tertiary/aromatic N) is 3. The van der Waals surface area contributed by atoms with E-state index in [4.69, 9.17) is 0 Å². The monoisotopic (exact) mass is 280 g/mol. The van der Waals surface area contributed by atoms with Crippen molar-refractivity contribution in [3.63, 3.8) is 0 Å². The first-order valence-electron chi connectivity index (χ1n) is 5.97. The van der Waals surface area contributed by atoms with Crippen LogP contribution in [-0.4, -0.2) is 29.7 Å². The molecule has 0 fully saturated rings. The Morgan fingerprint density at radius 2 is 2.05 bits per heavy atom. The van der Waals surface area contributed by atoms with Gasteiger partial charge >= 0.3 is 0 Å². The average Bonchev–Trinajstić information content (AvgIpc) is 2.76. The van der Waals surface area contributed by atoms with Crippen LogP contribution in [-0.2, 0) is 16.6 Å². The molecule has 0 bridgehead atoms. The fourth-order valence-corrected chi connectivity index (χ4v) is 2.33. The zero-order chi connectivity index (χ0) is 13.9. The van der Waals surface area contributed by atoms with Crippen LogP contribution in [0.4, 0.5) is 5.69 Å². The first-order valence-corrected chi connectivity index (χ1v) is 7.86. The van der Waals surface area contributed by atoms with Gasteiger partial charge in [0.2, 0.25) is 10.0 Å². The Hall–Kier alpha value is -1.89. The summed E-state index contributed by atoms with van der Waals surface area (Å²) in [5.74, 6) is 0. The van der Waals surface area contributed by atoms with Crippen LogP contribution in [0.2, 0.25) is 0 Å². The van der Waals surface area contributed by atoms with Crippen LogP contribution >= 0.6 is 0 Å². The lowest BCUT2D eigenvalue weighted by Crippen LogP contribution is -2.10. The number of aromatic nitrogens is 3. The van der Waals surface area contributed by atoms with Crippen LogP contribution in [0.1, 0.15) is 13.3 Å². The van der Waals surface area contributed by atoms with Gasteiger partial charge in [-0.2, -0.15) is 0 Å². The maximum absolute atomic E-state index is 11.3. The lowest BCUT2D eigenvalue weighted by molar-refractivity contribution is 0.579. The van der Waals surface area contributed by atoms with E-state index in [2.05, 4.69) is 22.0 Å². The van der Waals surface area contributed by atoms with E-state index in [9.17, 15) is 8.42 Å². The Balaban J connectivity index is 2.38. The second-order valence-corrected chi connectivity index (χ2v) is 6.04. The minimum atomic E-state index is -3.32. The third-order valence-electron chi connectivity index (χ3n) is 2.49. The molecule has 1 aromatic carbocycles. The molecule has 7 heteroatoms. The molecule has 2 rings (SSSR count). The maximum Gasteiger partial charge on any atom is 0.229 e. The van der Waals surface area contributed by atoms with Crippen molar-refractivity contribution < 1.29 is 8.42 Å². The summed E-state index contributed by atoms with van der Waals surface area (Å²) in [6.45, 7) is 2.84. The molecule has 0 amide bonds. The number of aryl methyl sites for hydroxylation is 1. The number of benzene rings is 1. The first-order chi connectivity index (χ1) is 8.99. The fraction of sp³-hybridized carbons (Fsp3) is 0.333. The van der Waals surface area contributed by atoms with Gasteiger partial charge in [-0.25, -0.2) is 8.42 Å². The summed E-state index contributed by atoms with van der Waals surface area (Å²) in [6, 6.07) is 7.12. The highest BCUT2D eigenvalue weighted by atomic mass is 32.2. The number of hydrogen-bond acceptors (Lipinski definition) is 4. The molecule has 2 aromatic rings. The Kier molecular flexibility index (Phi) is 3.84. The normalized spacial score (nSPS) is 11.5. The van der Waals surface area contributed by atoms with Crippen LogP contribution < -0.4 is 4.72 Å². The molecule has 0 saturated heterocycles. The minimum absolute atomic E-state index is 0.508. The molecular formula is C12H16N4O2S. The third kappa shape index (κ3) is 3.54. The highest BCUT2D eigenvalue weighted by Gasteiger charge is 2.11. The Morgan fingerprint density at radius 3 is 2.74 bits per heavy atom. The first kappa shape index (κ1) is 13.5. The standard InChI is InChI=1S/C12H16N4O2S/c1-3-8-16-9-12(13-15-16)10-6-4-5-7-11(10)14-19(2,17)18/h4-7,9,14H,3,8H2,1-2H3. The summed E-state index contributed by atoms with van der Waals surface area (Å²) < 4.78 is 26.9. The number of rotatable bonds is 5. The number of anilines is 1. The Morgan fingerprint density at radius 1 is 1.32 bits per heavy atom. The lowest BCUT2D eigenvalue weighted by Gasteiger charge is -2.07. The van der Waals surface area contributed by atoms with Gasteiger partial charge in [-0.05, 0) is 12.5 Å². The van der Waals surface area contributed by atoms with E-state index >= 15 is 0 Å². The van der Waals surface area contributed by atoms with Gasteiger partial charge in [0.05, 0.1) is 18.1 Å². The molecule has 6 nitrogen and oxygen atoms in total. The van der Waals surface area contributed by atoms with Crippen molar-refractivity contribution >= 4 is 15.7 Å². The fourth-order valence-electron chi connectivity index (χ4n) is 1.76.